The van der Waals surface area contributed by atoms with Crippen molar-refractivity contribution in [3.63, 3.8) is 0 Å². The van der Waals surface area contributed by atoms with E-state index in [4.69, 9.17) is 4.74 Å². The van der Waals surface area contributed by atoms with Crippen LogP contribution in [-0.2, 0) is 4.74 Å². The third kappa shape index (κ3) is 5.48. The van der Waals surface area contributed by atoms with Gasteiger partial charge in [-0.3, -0.25) is 0 Å². The Labute approximate surface area is 84.5 Å². The molecule has 0 saturated heterocycles. The first-order valence-corrected chi connectivity index (χ1v) is 8.40. The van der Waals surface area contributed by atoms with Gasteiger partial charge in [0.1, 0.15) is 0 Å². The third-order valence-electron chi connectivity index (χ3n) is 2.73. The molecule has 0 heterocycles. The van der Waals surface area contributed by atoms with Gasteiger partial charge in [0.15, 0.2) is 0 Å². The minimum absolute atomic E-state index is 0.0170. The molecule has 1 fully saturated rings. The summed E-state index contributed by atoms with van der Waals surface area (Å²) in [5, 5.41) is 0. The highest BCUT2D eigenvalue weighted by Crippen LogP contribution is 2.20. The van der Waals surface area contributed by atoms with E-state index in [0.717, 1.165) is 6.61 Å². The van der Waals surface area contributed by atoms with E-state index in [1.807, 2.05) is 0 Å². The Morgan fingerprint density at radius 2 is 1.85 bits per heavy atom. The van der Waals surface area contributed by atoms with Crippen LogP contribution in [0.15, 0.2) is 0 Å². The molecule has 0 aliphatic heterocycles. The van der Waals surface area contributed by atoms with Gasteiger partial charge in [-0.15, -0.1) is 0 Å². The van der Waals surface area contributed by atoms with E-state index < -0.39 is 0 Å². The second-order valence-electron chi connectivity index (χ2n) is 4.44. The van der Waals surface area contributed by atoms with Gasteiger partial charge in [-0.1, -0.05) is 38.4 Å². The van der Waals surface area contributed by atoms with Gasteiger partial charge in [-0.25, -0.2) is 0 Å². The minimum Gasteiger partial charge on any atom is -0.378 e. The van der Waals surface area contributed by atoms with E-state index in [-0.39, 0.29) is 8.80 Å². The minimum atomic E-state index is -0.0170. The molecule has 0 unspecified atom stereocenters. The number of hydrogen-bond donors (Lipinski definition) is 0. The Balaban J connectivity index is 1.92. The Morgan fingerprint density at radius 1 is 1.15 bits per heavy atom. The summed E-state index contributed by atoms with van der Waals surface area (Å²) in [5.41, 5.74) is 0. The zero-order valence-electron chi connectivity index (χ0n) is 9.14. The van der Waals surface area contributed by atoms with Crippen molar-refractivity contribution in [2.75, 3.05) is 6.61 Å². The molecule has 0 aromatic heterocycles. The largest absolute Gasteiger partial charge is 0.378 e. The Hall–Kier alpha value is 0.177. The fraction of sp³-hybridized carbons (Fsp3) is 1.00. The van der Waals surface area contributed by atoms with Crippen LogP contribution in [0.5, 0.6) is 0 Å². The molecule has 1 aliphatic carbocycles. The quantitative estimate of drug-likeness (QED) is 0.486. The van der Waals surface area contributed by atoms with Gasteiger partial charge in [0.2, 0.25) is 0 Å². The molecule has 2 heteroatoms. The lowest BCUT2D eigenvalue weighted by atomic mass is 9.98. The average molecular weight is 199 g/mol. The molecule has 1 rings (SSSR count). The predicted octanol–water partition coefficient (Wildman–Crippen LogP) is 3.48. The maximum absolute atomic E-state index is 5.85. The van der Waals surface area contributed by atoms with Crippen molar-refractivity contribution in [2.45, 2.75) is 63.8 Å². The molecule has 0 aromatic carbocycles. The van der Waals surface area contributed by atoms with Crippen molar-refractivity contribution in [1.82, 2.24) is 0 Å². The van der Waals surface area contributed by atoms with E-state index in [9.17, 15) is 0 Å². The summed E-state index contributed by atoms with van der Waals surface area (Å²) in [6.07, 6.45) is 8.74. The van der Waals surface area contributed by atoms with Crippen LogP contribution in [-0.4, -0.2) is 21.5 Å². The van der Waals surface area contributed by atoms with Crippen LogP contribution in [0.2, 0.25) is 19.1 Å². The first-order valence-electron chi connectivity index (χ1n) is 5.69. The second kappa shape index (κ2) is 6.60. The highest BCUT2D eigenvalue weighted by atomic mass is 28.3. The van der Waals surface area contributed by atoms with Crippen molar-refractivity contribution in [3.8, 4) is 0 Å². The molecule has 1 nitrogen and oxygen atoms in total. The highest BCUT2D eigenvalue weighted by Gasteiger charge is 2.12. The first kappa shape index (κ1) is 11.3. The van der Waals surface area contributed by atoms with Crippen molar-refractivity contribution in [2.24, 2.45) is 0 Å². The number of ether oxygens (including phenoxy) is 1. The Kier molecular flexibility index (Phi) is 5.72. The molecule has 77 valence electrons. The molecule has 13 heavy (non-hydrogen) atoms. The molecule has 0 amide bonds. The van der Waals surface area contributed by atoms with Crippen LogP contribution in [0.4, 0.5) is 0 Å². The van der Waals surface area contributed by atoms with Crippen LogP contribution < -0.4 is 0 Å². The van der Waals surface area contributed by atoms with Crippen LogP contribution in [0.3, 0.4) is 0 Å². The zero-order chi connectivity index (χ0) is 9.52. The Morgan fingerprint density at radius 3 is 2.46 bits per heavy atom. The van der Waals surface area contributed by atoms with Gasteiger partial charge in [0.25, 0.3) is 0 Å². The summed E-state index contributed by atoms with van der Waals surface area (Å²) >= 11 is 0. The summed E-state index contributed by atoms with van der Waals surface area (Å²) in [5.74, 6) is 0. The van der Waals surface area contributed by atoms with E-state index in [1.54, 1.807) is 0 Å². The van der Waals surface area contributed by atoms with Crippen molar-refractivity contribution in [3.05, 3.63) is 0 Å². The van der Waals surface area contributed by atoms with Crippen LogP contribution >= 0.6 is 0 Å². The van der Waals surface area contributed by atoms with E-state index in [1.165, 1.54) is 44.6 Å². The lowest BCUT2D eigenvalue weighted by Gasteiger charge is -2.22. The molecule has 0 aromatic rings. The van der Waals surface area contributed by atoms with Crippen molar-refractivity contribution >= 4 is 8.80 Å². The molecule has 0 atom stereocenters. The molecule has 0 spiro atoms. The van der Waals surface area contributed by atoms with Crippen LogP contribution in [0, 0.1) is 0 Å². The monoisotopic (exact) mass is 199 g/mol. The zero-order valence-corrected chi connectivity index (χ0v) is 10.1. The van der Waals surface area contributed by atoms with Crippen molar-refractivity contribution in [1.29, 1.82) is 0 Å². The third-order valence-corrected chi connectivity index (χ3v) is 4.08. The lowest BCUT2D eigenvalue weighted by Crippen LogP contribution is -2.17. The van der Waals surface area contributed by atoms with Crippen molar-refractivity contribution < 1.29 is 4.74 Å². The topological polar surface area (TPSA) is 9.23 Å². The predicted molar refractivity (Wildman–Crippen MR) is 59.7 cm³/mol. The van der Waals surface area contributed by atoms with Gasteiger partial charge in [-0.05, 0) is 19.3 Å². The number of hydrogen-bond acceptors (Lipinski definition) is 1. The Bertz CT molecular complexity index is 119. The maximum atomic E-state index is 5.85. The lowest BCUT2D eigenvalue weighted by molar-refractivity contribution is 0.0288. The highest BCUT2D eigenvalue weighted by molar-refractivity contribution is 6.55. The van der Waals surface area contributed by atoms with E-state index in [2.05, 4.69) is 13.1 Å². The summed E-state index contributed by atoms with van der Waals surface area (Å²) in [6, 6.07) is 1.41. The summed E-state index contributed by atoms with van der Waals surface area (Å²) in [4.78, 5) is 0. The fourth-order valence-corrected chi connectivity index (χ4v) is 2.76. The van der Waals surface area contributed by atoms with Gasteiger partial charge < -0.3 is 4.74 Å². The SMILES string of the molecule is C[Si](C)CCCOC1CCCCC1. The number of rotatable bonds is 5. The summed E-state index contributed by atoms with van der Waals surface area (Å²) in [6.45, 7) is 5.77. The van der Waals surface area contributed by atoms with Gasteiger partial charge in [-0.2, -0.15) is 0 Å². The van der Waals surface area contributed by atoms with Crippen LogP contribution in [0.25, 0.3) is 0 Å². The van der Waals surface area contributed by atoms with E-state index in [0.29, 0.717) is 6.10 Å². The summed E-state index contributed by atoms with van der Waals surface area (Å²) < 4.78 is 5.85. The first-order chi connectivity index (χ1) is 6.29. The standard InChI is InChI=1S/C11H23OSi/c1-13(2)10-6-9-12-11-7-4-3-5-8-11/h11H,3-10H2,1-2H3. The molecular formula is C11H23OSi. The fourth-order valence-electron chi connectivity index (χ4n) is 1.91. The summed E-state index contributed by atoms with van der Waals surface area (Å²) in [7, 11) is -0.0170. The second-order valence-corrected chi connectivity index (χ2v) is 7.36. The maximum Gasteiger partial charge on any atom is 0.0575 e. The van der Waals surface area contributed by atoms with Gasteiger partial charge in [0, 0.05) is 15.4 Å². The average Bonchev–Trinajstić information content (AvgIpc) is 2.14. The van der Waals surface area contributed by atoms with Gasteiger partial charge >= 0.3 is 0 Å². The molecule has 1 radical (unpaired) electrons. The van der Waals surface area contributed by atoms with Crippen LogP contribution in [0.1, 0.15) is 38.5 Å². The molecule has 1 saturated carbocycles. The van der Waals surface area contributed by atoms with E-state index >= 15 is 0 Å². The molecular weight excluding hydrogens is 176 g/mol. The molecule has 1 aliphatic rings. The smallest absolute Gasteiger partial charge is 0.0575 e. The molecule has 0 N–H and O–H groups in total. The molecule has 0 bridgehead atoms. The van der Waals surface area contributed by atoms with Gasteiger partial charge in [0.05, 0.1) is 6.10 Å². The normalized spacial score (nSPS) is 19.6.